The summed E-state index contributed by atoms with van der Waals surface area (Å²) in [6.45, 7) is 1.87. The molecule has 0 unspecified atom stereocenters. The predicted molar refractivity (Wildman–Crippen MR) is 42.7 cm³/mol. The lowest BCUT2D eigenvalue weighted by Crippen LogP contribution is -1.98. The maximum Gasteiger partial charge on any atom is 0.204 e. The highest BCUT2D eigenvalue weighted by Crippen LogP contribution is 2.35. The highest BCUT2D eigenvalue weighted by atomic mass is 16.5. The lowest BCUT2D eigenvalue weighted by Gasteiger charge is -2.01. The second-order valence-electron chi connectivity index (χ2n) is 2.87. The summed E-state index contributed by atoms with van der Waals surface area (Å²) in [4.78, 5) is 11.1. The Morgan fingerprint density at radius 2 is 2.25 bits per heavy atom. The summed E-state index contributed by atoms with van der Waals surface area (Å²) in [6.07, 6.45) is 0. The van der Waals surface area contributed by atoms with Gasteiger partial charge in [0, 0.05) is 0 Å². The van der Waals surface area contributed by atoms with E-state index in [0.717, 1.165) is 5.56 Å². The van der Waals surface area contributed by atoms with Crippen LogP contribution in [-0.4, -0.2) is 17.5 Å². The minimum Gasteiger partial charge on any atom is -0.504 e. The molecule has 0 saturated carbocycles. The van der Waals surface area contributed by atoms with Crippen molar-refractivity contribution >= 4 is 5.78 Å². The van der Waals surface area contributed by atoms with Gasteiger partial charge in [-0.1, -0.05) is 0 Å². The van der Waals surface area contributed by atoms with E-state index >= 15 is 0 Å². The molecule has 1 aromatic rings. The zero-order chi connectivity index (χ0) is 8.72. The number of fused-ring (bicyclic) bond motifs is 1. The van der Waals surface area contributed by atoms with Crippen LogP contribution in [0.3, 0.4) is 0 Å². The molecule has 0 atom stereocenters. The Hall–Kier alpha value is -1.51. The summed E-state index contributed by atoms with van der Waals surface area (Å²) in [5.74, 6) is 0.311. The number of phenols is 1. The summed E-state index contributed by atoms with van der Waals surface area (Å²) in [6, 6.07) is 3.31. The van der Waals surface area contributed by atoms with Crippen LogP contribution in [0.1, 0.15) is 15.9 Å². The molecule has 1 N–H and O–H groups in total. The third kappa shape index (κ3) is 0.863. The van der Waals surface area contributed by atoms with Gasteiger partial charge in [0.2, 0.25) is 5.78 Å². The van der Waals surface area contributed by atoms with Crippen LogP contribution in [0.4, 0.5) is 0 Å². The van der Waals surface area contributed by atoms with Gasteiger partial charge in [-0.15, -0.1) is 0 Å². The standard InChI is InChI=1S/C9H8O3/c1-5-2-6-8(11)4-12-9(6)7(10)3-5/h2-3,10H,4H2,1H3. The number of aryl methyl sites for hydroxylation is 1. The van der Waals surface area contributed by atoms with Crippen LogP contribution in [0.2, 0.25) is 0 Å². The maximum atomic E-state index is 11.1. The first kappa shape index (κ1) is 7.16. The molecule has 62 valence electrons. The lowest BCUT2D eigenvalue weighted by atomic mass is 10.1. The van der Waals surface area contributed by atoms with E-state index in [0.29, 0.717) is 11.3 Å². The van der Waals surface area contributed by atoms with Crippen LogP contribution >= 0.6 is 0 Å². The number of ketones is 1. The van der Waals surface area contributed by atoms with Crippen LogP contribution in [0.15, 0.2) is 12.1 Å². The summed E-state index contributed by atoms with van der Waals surface area (Å²) < 4.78 is 5.00. The molecule has 3 nitrogen and oxygen atoms in total. The molecule has 1 aromatic carbocycles. The smallest absolute Gasteiger partial charge is 0.204 e. The van der Waals surface area contributed by atoms with E-state index in [2.05, 4.69) is 0 Å². The van der Waals surface area contributed by atoms with Gasteiger partial charge in [-0.05, 0) is 24.6 Å². The predicted octanol–water partition coefficient (Wildman–Crippen LogP) is 1.28. The topological polar surface area (TPSA) is 46.5 Å². The minimum atomic E-state index is -0.0657. The highest BCUT2D eigenvalue weighted by Gasteiger charge is 2.24. The van der Waals surface area contributed by atoms with Gasteiger partial charge < -0.3 is 9.84 Å². The summed E-state index contributed by atoms with van der Waals surface area (Å²) >= 11 is 0. The van der Waals surface area contributed by atoms with E-state index in [4.69, 9.17) is 4.74 Å². The summed E-state index contributed by atoms with van der Waals surface area (Å²) in [5.41, 5.74) is 1.36. The molecule has 0 aromatic heterocycles. The second kappa shape index (κ2) is 2.24. The molecule has 0 saturated heterocycles. The third-order valence-corrected chi connectivity index (χ3v) is 1.86. The van der Waals surface area contributed by atoms with Gasteiger partial charge >= 0.3 is 0 Å². The van der Waals surface area contributed by atoms with Crippen molar-refractivity contribution in [3.63, 3.8) is 0 Å². The van der Waals surface area contributed by atoms with Gasteiger partial charge in [0.1, 0.15) is 0 Å². The molecule has 0 radical (unpaired) electrons. The normalized spacial score (nSPS) is 14.2. The molecule has 1 heterocycles. The zero-order valence-electron chi connectivity index (χ0n) is 6.63. The van der Waals surface area contributed by atoms with Crippen molar-refractivity contribution in [1.82, 2.24) is 0 Å². The number of Topliss-reactive ketones (excluding diaryl/α,β-unsaturated/α-hetero) is 1. The quantitative estimate of drug-likeness (QED) is 0.628. The molecule has 2 rings (SSSR count). The Morgan fingerprint density at radius 1 is 1.50 bits per heavy atom. The highest BCUT2D eigenvalue weighted by molar-refractivity contribution is 6.03. The van der Waals surface area contributed by atoms with E-state index in [1.807, 2.05) is 6.92 Å². The number of ether oxygens (including phenoxy) is 1. The molecule has 0 bridgehead atoms. The molecular formula is C9H8O3. The van der Waals surface area contributed by atoms with Crippen molar-refractivity contribution in [1.29, 1.82) is 0 Å². The van der Waals surface area contributed by atoms with Gasteiger partial charge in [-0.2, -0.15) is 0 Å². The summed E-state index contributed by atoms with van der Waals surface area (Å²) in [7, 11) is 0. The number of aromatic hydroxyl groups is 1. The van der Waals surface area contributed by atoms with Gasteiger partial charge in [0.05, 0.1) is 5.56 Å². The Bertz CT molecular complexity index is 355. The van der Waals surface area contributed by atoms with Crippen LogP contribution < -0.4 is 4.74 Å². The Morgan fingerprint density at radius 3 is 3.00 bits per heavy atom. The molecule has 3 heteroatoms. The average Bonchev–Trinajstić information content (AvgIpc) is 2.33. The second-order valence-corrected chi connectivity index (χ2v) is 2.87. The first-order chi connectivity index (χ1) is 5.68. The largest absolute Gasteiger partial charge is 0.504 e. The van der Waals surface area contributed by atoms with Crippen molar-refractivity contribution in [2.45, 2.75) is 6.92 Å². The Labute approximate surface area is 69.6 Å². The lowest BCUT2D eigenvalue weighted by molar-refractivity contribution is 0.0961. The molecule has 0 spiro atoms. The fraction of sp³-hybridized carbons (Fsp3) is 0.222. The van der Waals surface area contributed by atoms with Gasteiger partial charge in [0.25, 0.3) is 0 Å². The first-order valence-corrected chi connectivity index (χ1v) is 3.68. The molecule has 12 heavy (non-hydrogen) atoms. The van der Waals surface area contributed by atoms with Gasteiger partial charge in [-0.3, -0.25) is 4.79 Å². The molecule has 0 fully saturated rings. The number of phenolic OH excluding ortho intramolecular Hbond substituents is 1. The Balaban J connectivity index is 2.68. The van der Waals surface area contributed by atoms with Crippen LogP contribution in [0, 0.1) is 6.92 Å². The molecule has 0 amide bonds. The fourth-order valence-corrected chi connectivity index (χ4v) is 1.33. The number of hydrogen-bond acceptors (Lipinski definition) is 3. The van der Waals surface area contributed by atoms with E-state index in [9.17, 15) is 9.90 Å². The van der Waals surface area contributed by atoms with E-state index in [1.165, 1.54) is 0 Å². The van der Waals surface area contributed by atoms with Crippen molar-refractivity contribution in [2.75, 3.05) is 6.61 Å². The number of benzene rings is 1. The van der Waals surface area contributed by atoms with Crippen molar-refractivity contribution < 1.29 is 14.6 Å². The summed E-state index contributed by atoms with van der Waals surface area (Å²) in [5, 5.41) is 9.35. The molecule has 0 aliphatic carbocycles. The average molecular weight is 164 g/mol. The third-order valence-electron chi connectivity index (χ3n) is 1.86. The maximum absolute atomic E-state index is 11.1. The number of rotatable bonds is 0. The van der Waals surface area contributed by atoms with Crippen LogP contribution in [-0.2, 0) is 0 Å². The van der Waals surface area contributed by atoms with Crippen molar-refractivity contribution in [3.8, 4) is 11.5 Å². The number of carbonyl (C=O) groups is 1. The minimum absolute atomic E-state index is 0.0480. The van der Waals surface area contributed by atoms with E-state index < -0.39 is 0 Å². The molecule has 1 aliphatic heterocycles. The zero-order valence-corrected chi connectivity index (χ0v) is 6.63. The van der Waals surface area contributed by atoms with Crippen LogP contribution in [0.25, 0.3) is 0 Å². The first-order valence-electron chi connectivity index (χ1n) is 3.68. The SMILES string of the molecule is Cc1cc(O)c2c(c1)C(=O)CO2. The van der Waals surface area contributed by atoms with E-state index in [-0.39, 0.29) is 18.1 Å². The fourth-order valence-electron chi connectivity index (χ4n) is 1.33. The number of hydrogen-bond donors (Lipinski definition) is 1. The van der Waals surface area contributed by atoms with E-state index in [1.54, 1.807) is 12.1 Å². The number of carbonyl (C=O) groups excluding carboxylic acids is 1. The molecule has 1 aliphatic rings. The monoisotopic (exact) mass is 164 g/mol. The molecular weight excluding hydrogens is 156 g/mol. The van der Waals surface area contributed by atoms with Crippen molar-refractivity contribution in [2.24, 2.45) is 0 Å². The van der Waals surface area contributed by atoms with Crippen molar-refractivity contribution in [3.05, 3.63) is 23.3 Å². The van der Waals surface area contributed by atoms with Gasteiger partial charge in [0.15, 0.2) is 18.1 Å². The van der Waals surface area contributed by atoms with Gasteiger partial charge in [-0.25, -0.2) is 0 Å². The van der Waals surface area contributed by atoms with Crippen LogP contribution in [0.5, 0.6) is 11.5 Å². The Kier molecular flexibility index (Phi) is 1.33.